The Bertz CT molecular complexity index is 386. The fourth-order valence-electron chi connectivity index (χ4n) is 1.92. The van der Waals surface area contributed by atoms with Crippen LogP contribution >= 0.6 is 0 Å². The Hall–Kier alpha value is -0.960. The van der Waals surface area contributed by atoms with E-state index in [1.165, 1.54) is 26.0 Å². The molecule has 3 heteroatoms. The molecule has 1 unspecified atom stereocenters. The average Bonchev–Trinajstić information content (AvgIpc) is 2.26. The van der Waals surface area contributed by atoms with Crippen molar-refractivity contribution in [2.75, 3.05) is 0 Å². The minimum absolute atomic E-state index is 0.0525. The van der Waals surface area contributed by atoms with E-state index in [0.717, 1.165) is 19.3 Å². The summed E-state index contributed by atoms with van der Waals surface area (Å²) in [4.78, 5) is 0. The second kappa shape index (κ2) is 5.58. The topological polar surface area (TPSA) is 20.2 Å². The van der Waals surface area contributed by atoms with Crippen LogP contribution in [0.5, 0.6) is 0 Å². The zero-order valence-corrected chi connectivity index (χ0v) is 10.7. The Labute approximate surface area is 101 Å². The molecule has 1 aromatic rings. The molecule has 1 atom stereocenters. The molecule has 0 spiro atoms. The van der Waals surface area contributed by atoms with E-state index in [0.29, 0.717) is 6.42 Å². The lowest BCUT2D eigenvalue weighted by atomic mass is 9.89. The molecule has 1 nitrogen and oxygen atoms in total. The first kappa shape index (κ1) is 14.1. The molecule has 1 N–H and O–H groups in total. The number of aliphatic hydroxyl groups is 1. The van der Waals surface area contributed by atoms with E-state index < -0.39 is 17.2 Å². The second-order valence-corrected chi connectivity index (χ2v) is 4.79. The standard InChI is InChI=1S/C14H20F2O/c1-4-5-6-9-14(3,17)11-8-7-10(2)12(15)13(11)16/h7-8,17H,4-6,9H2,1-3H3. The van der Waals surface area contributed by atoms with E-state index in [1.807, 2.05) is 0 Å². The van der Waals surface area contributed by atoms with Crippen LogP contribution in [0.3, 0.4) is 0 Å². The van der Waals surface area contributed by atoms with Crippen LogP contribution in [0.25, 0.3) is 0 Å². The summed E-state index contributed by atoms with van der Waals surface area (Å²) in [7, 11) is 0. The first-order valence-electron chi connectivity index (χ1n) is 6.07. The van der Waals surface area contributed by atoms with Crippen LogP contribution in [-0.4, -0.2) is 5.11 Å². The lowest BCUT2D eigenvalue weighted by Gasteiger charge is -2.24. The molecule has 1 aromatic carbocycles. The highest BCUT2D eigenvalue weighted by Gasteiger charge is 2.28. The van der Waals surface area contributed by atoms with Gasteiger partial charge in [0.25, 0.3) is 0 Å². The molecule has 0 amide bonds. The average molecular weight is 242 g/mol. The zero-order valence-electron chi connectivity index (χ0n) is 10.7. The van der Waals surface area contributed by atoms with Crippen molar-refractivity contribution in [1.82, 2.24) is 0 Å². The number of rotatable bonds is 5. The van der Waals surface area contributed by atoms with Gasteiger partial charge in [-0.15, -0.1) is 0 Å². The number of aryl methyl sites for hydroxylation is 1. The minimum atomic E-state index is -1.30. The first-order chi connectivity index (χ1) is 7.90. The maximum atomic E-state index is 13.7. The van der Waals surface area contributed by atoms with Crippen molar-refractivity contribution >= 4 is 0 Å². The summed E-state index contributed by atoms with van der Waals surface area (Å²) in [6, 6.07) is 2.97. The zero-order chi connectivity index (χ0) is 13.1. The van der Waals surface area contributed by atoms with Gasteiger partial charge in [-0.25, -0.2) is 8.78 Å². The molecule has 1 rings (SSSR count). The van der Waals surface area contributed by atoms with Crippen molar-refractivity contribution in [1.29, 1.82) is 0 Å². The van der Waals surface area contributed by atoms with Crippen LogP contribution < -0.4 is 0 Å². The summed E-state index contributed by atoms with van der Waals surface area (Å²) >= 11 is 0. The van der Waals surface area contributed by atoms with Crippen LogP contribution in [0.4, 0.5) is 8.78 Å². The summed E-state index contributed by atoms with van der Waals surface area (Å²) in [5.74, 6) is -1.79. The normalized spacial score (nSPS) is 14.7. The van der Waals surface area contributed by atoms with Gasteiger partial charge in [-0.1, -0.05) is 38.3 Å². The Balaban J connectivity index is 2.94. The molecule has 96 valence electrons. The third-order valence-corrected chi connectivity index (χ3v) is 3.12. The van der Waals surface area contributed by atoms with Gasteiger partial charge in [0.05, 0.1) is 5.60 Å². The summed E-state index contributed by atoms with van der Waals surface area (Å²) in [6.45, 7) is 5.10. The predicted octanol–water partition coefficient (Wildman–Crippen LogP) is 4.06. The predicted molar refractivity (Wildman–Crippen MR) is 64.8 cm³/mol. The van der Waals surface area contributed by atoms with E-state index >= 15 is 0 Å². The fourth-order valence-corrected chi connectivity index (χ4v) is 1.92. The fraction of sp³-hybridized carbons (Fsp3) is 0.571. The molecule has 0 bridgehead atoms. The molecule has 0 aliphatic rings. The third kappa shape index (κ3) is 3.25. The van der Waals surface area contributed by atoms with Gasteiger partial charge in [0.1, 0.15) is 0 Å². The molecule has 0 fully saturated rings. The van der Waals surface area contributed by atoms with Gasteiger partial charge in [0, 0.05) is 5.56 Å². The van der Waals surface area contributed by atoms with Gasteiger partial charge in [0.15, 0.2) is 11.6 Å². The van der Waals surface area contributed by atoms with E-state index in [2.05, 4.69) is 6.92 Å². The molecule has 0 saturated heterocycles. The van der Waals surface area contributed by atoms with Crippen LogP contribution in [0, 0.1) is 18.6 Å². The molecule has 0 heterocycles. The minimum Gasteiger partial charge on any atom is -0.385 e. The molecular weight excluding hydrogens is 222 g/mol. The molecule has 0 aliphatic carbocycles. The summed E-state index contributed by atoms with van der Waals surface area (Å²) in [5, 5.41) is 10.2. The smallest absolute Gasteiger partial charge is 0.165 e. The molecule has 0 radical (unpaired) electrons. The highest BCUT2D eigenvalue weighted by Crippen LogP contribution is 2.30. The van der Waals surface area contributed by atoms with Gasteiger partial charge < -0.3 is 5.11 Å². The Morgan fingerprint density at radius 2 is 1.82 bits per heavy atom. The Morgan fingerprint density at radius 3 is 2.41 bits per heavy atom. The van der Waals surface area contributed by atoms with Crippen molar-refractivity contribution in [2.45, 2.75) is 52.1 Å². The van der Waals surface area contributed by atoms with Gasteiger partial charge in [-0.05, 0) is 25.8 Å². The van der Waals surface area contributed by atoms with Crippen LogP contribution in [-0.2, 0) is 5.60 Å². The molecule has 0 aromatic heterocycles. The molecule has 17 heavy (non-hydrogen) atoms. The number of benzene rings is 1. The van der Waals surface area contributed by atoms with Crippen LogP contribution in [0.15, 0.2) is 12.1 Å². The first-order valence-corrected chi connectivity index (χ1v) is 6.07. The number of hydrogen-bond donors (Lipinski definition) is 1. The highest BCUT2D eigenvalue weighted by molar-refractivity contribution is 5.29. The number of halogens is 2. The Kier molecular flexibility index (Phi) is 4.63. The third-order valence-electron chi connectivity index (χ3n) is 3.12. The monoisotopic (exact) mass is 242 g/mol. The maximum absolute atomic E-state index is 13.7. The second-order valence-electron chi connectivity index (χ2n) is 4.79. The number of unbranched alkanes of at least 4 members (excludes halogenated alkanes) is 2. The lowest BCUT2D eigenvalue weighted by molar-refractivity contribution is 0.0406. The summed E-state index contributed by atoms with van der Waals surface area (Å²) in [6.07, 6.45) is 3.26. The van der Waals surface area contributed by atoms with Crippen molar-refractivity contribution in [3.05, 3.63) is 34.9 Å². The van der Waals surface area contributed by atoms with Crippen LogP contribution in [0.2, 0.25) is 0 Å². The molecule has 0 saturated carbocycles. The SMILES string of the molecule is CCCCCC(C)(O)c1ccc(C)c(F)c1F. The van der Waals surface area contributed by atoms with E-state index in [1.54, 1.807) is 0 Å². The van der Waals surface area contributed by atoms with Crippen molar-refractivity contribution < 1.29 is 13.9 Å². The Morgan fingerprint density at radius 1 is 1.18 bits per heavy atom. The van der Waals surface area contributed by atoms with Gasteiger partial charge in [-0.2, -0.15) is 0 Å². The number of hydrogen-bond acceptors (Lipinski definition) is 1. The maximum Gasteiger partial charge on any atom is 0.165 e. The highest BCUT2D eigenvalue weighted by atomic mass is 19.2. The summed E-state index contributed by atoms with van der Waals surface area (Å²) in [5.41, 5.74) is -0.985. The quantitative estimate of drug-likeness (QED) is 0.772. The van der Waals surface area contributed by atoms with Gasteiger partial charge >= 0.3 is 0 Å². The van der Waals surface area contributed by atoms with Crippen LogP contribution in [0.1, 0.15) is 50.7 Å². The van der Waals surface area contributed by atoms with E-state index in [4.69, 9.17) is 0 Å². The van der Waals surface area contributed by atoms with Crippen molar-refractivity contribution in [3.63, 3.8) is 0 Å². The van der Waals surface area contributed by atoms with Gasteiger partial charge in [0.2, 0.25) is 0 Å². The van der Waals surface area contributed by atoms with Crippen molar-refractivity contribution in [2.24, 2.45) is 0 Å². The lowest BCUT2D eigenvalue weighted by Crippen LogP contribution is -2.23. The molecule has 0 aliphatic heterocycles. The molecular formula is C14H20F2O. The van der Waals surface area contributed by atoms with Crippen molar-refractivity contribution in [3.8, 4) is 0 Å². The van der Waals surface area contributed by atoms with Gasteiger partial charge in [-0.3, -0.25) is 0 Å². The summed E-state index contributed by atoms with van der Waals surface area (Å²) < 4.78 is 27.2. The van der Waals surface area contributed by atoms with E-state index in [-0.39, 0.29) is 11.1 Å². The van der Waals surface area contributed by atoms with E-state index in [9.17, 15) is 13.9 Å². The largest absolute Gasteiger partial charge is 0.385 e.